The lowest BCUT2D eigenvalue weighted by Crippen LogP contribution is -2.20. The molecule has 16 heavy (non-hydrogen) atoms. The van der Waals surface area contributed by atoms with Crippen LogP contribution >= 0.6 is 22.7 Å². The van der Waals surface area contributed by atoms with Crippen LogP contribution in [0.5, 0.6) is 0 Å². The van der Waals surface area contributed by atoms with Gasteiger partial charge in [0.2, 0.25) is 0 Å². The smallest absolute Gasteiger partial charge is 0.0679 e. The summed E-state index contributed by atoms with van der Waals surface area (Å²) in [5.41, 5.74) is 1.39. The topological polar surface area (TPSA) is 12.0 Å². The zero-order valence-corrected chi connectivity index (χ0v) is 11.3. The SMILES string of the molecule is CCNC(c1ccsc1)c1ccc(CC)s1. The highest BCUT2D eigenvalue weighted by Crippen LogP contribution is 2.29. The molecule has 1 unspecified atom stereocenters. The minimum Gasteiger partial charge on any atom is -0.306 e. The number of hydrogen-bond acceptors (Lipinski definition) is 3. The molecule has 0 fully saturated rings. The van der Waals surface area contributed by atoms with Crippen LogP contribution in [-0.2, 0) is 6.42 Å². The molecule has 1 N–H and O–H groups in total. The van der Waals surface area contributed by atoms with Crippen molar-refractivity contribution in [1.29, 1.82) is 0 Å². The van der Waals surface area contributed by atoms with Gasteiger partial charge in [-0.3, -0.25) is 0 Å². The Balaban J connectivity index is 2.25. The van der Waals surface area contributed by atoms with Crippen molar-refractivity contribution in [2.45, 2.75) is 26.3 Å². The van der Waals surface area contributed by atoms with Gasteiger partial charge in [-0.25, -0.2) is 0 Å². The largest absolute Gasteiger partial charge is 0.306 e. The van der Waals surface area contributed by atoms with E-state index in [0.717, 1.165) is 13.0 Å². The van der Waals surface area contributed by atoms with Crippen LogP contribution in [0.2, 0.25) is 0 Å². The summed E-state index contributed by atoms with van der Waals surface area (Å²) in [6, 6.07) is 7.09. The van der Waals surface area contributed by atoms with Gasteiger partial charge in [0, 0.05) is 9.75 Å². The molecule has 2 heterocycles. The minimum absolute atomic E-state index is 0.376. The molecular weight excluding hydrogens is 234 g/mol. The Labute approximate surface area is 105 Å². The molecule has 0 aliphatic carbocycles. The normalized spacial score (nSPS) is 12.9. The third-order valence-electron chi connectivity index (χ3n) is 2.60. The molecule has 0 radical (unpaired) electrons. The van der Waals surface area contributed by atoms with Gasteiger partial charge >= 0.3 is 0 Å². The van der Waals surface area contributed by atoms with E-state index in [9.17, 15) is 0 Å². The predicted octanol–water partition coefficient (Wildman–Crippen LogP) is 4.07. The Morgan fingerprint density at radius 1 is 1.25 bits per heavy atom. The summed E-state index contributed by atoms with van der Waals surface area (Å²) in [7, 11) is 0. The lowest BCUT2D eigenvalue weighted by molar-refractivity contribution is 0.641. The lowest BCUT2D eigenvalue weighted by Gasteiger charge is -2.14. The van der Waals surface area contributed by atoms with Gasteiger partial charge < -0.3 is 5.32 Å². The number of hydrogen-bond donors (Lipinski definition) is 1. The average molecular weight is 251 g/mol. The lowest BCUT2D eigenvalue weighted by atomic mass is 10.1. The van der Waals surface area contributed by atoms with Crippen molar-refractivity contribution in [3.63, 3.8) is 0 Å². The van der Waals surface area contributed by atoms with Gasteiger partial charge in [-0.2, -0.15) is 11.3 Å². The molecule has 1 nitrogen and oxygen atoms in total. The first kappa shape index (κ1) is 11.8. The van der Waals surface area contributed by atoms with Gasteiger partial charge in [-0.15, -0.1) is 11.3 Å². The molecule has 0 saturated heterocycles. The van der Waals surface area contributed by atoms with Crippen molar-refractivity contribution in [3.8, 4) is 0 Å². The van der Waals surface area contributed by atoms with Gasteiger partial charge in [0.15, 0.2) is 0 Å². The predicted molar refractivity (Wildman–Crippen MR) is 73.5 cm³/mol. The molecule has 2 rings (SSSR count). The van der Waals surface area contributed by atoms with E-state index in [2.05, 4.69) is 48.1 Å². The number of rotatable bonds is 5. The molecule has 3 heteroatoms. The van der Waals surface area contributed by atoms with Crippen LogP contribution < -0.4 is 5.32 Å². The highest BCUT2D eigenvalue weighted by molar-refractivity contribution is 7.12. The highest BCUT2D eigenvalue weighted by atomic mass is 32.1. The number of aryl methyl sites for hydroxylation is 1. The van der Waals surface area contributed by atoms with Crippen molar-refractivity contribution < 1.29 is 0 Å². The van der Waals surface area contributed by atoms with E-state index in [0.29, 0.717) is 6.04 Å². The molecule has 0 saturated carbocycles. The fourth-order valence-corrected chi connectivity index (χ4v) is 3.51. The van der Waals surface area contributed by atoms with Gasteiger partial charge in [-0.1, -0.05) is 13.8 Å². The van der Waals surface area contributed by atoms with E-state index < -0.39 is 0 Å². The van der Waals surface area contributed by atoms with Crippen LogP contribution in [0.15, 0.2) is 29.0 Å². The zero-order chi connectivity index (χ0) is 11.4. The summed E-state index contributed by atoms with van der Waals surface area (Å²) in [6.45, 7) is 5.37. The molecule has 0 bridgehead atoms. The quantitative estimate of drug-likeness (QED) is 0.844. The van der Waals surface area contributed by atoms with Gasteiger partial charge in [0.05, 0.1) is 6.04 Å². The van der Waals surface area contributed by atoms with Gasteiger partial charge in [0.1, 0.15) is 0 Å². The van der Waals surface area contributed by atoms with E-state index in [1.54, 1.807) is 11.3 Å². The summed E-state index contributed by atoms with van der Waals surface area (Å²) in [5.74, 6) is 0. The fourth-order valence-electron chi connectivity index (χ4n) is 1.77. The molecule has 1 atom stereocenters. The second kappa shape index (κ2) is 5.62. The standard InChI is InChI=1S/C13H17NS2/c1-3-11-5-6-12(16-11)13(14-4-2)10-7-8-15-9-10/h5-9,13-14H,3-4H2,1-2H3. The molecule has 86 valence electrons. The first-order chi connectivity index (χ1) is 7.85. The second-order valence-electron chi connectivity index (χ2n) is 3.71. The summed E-state index contributed by atoms with van der Waals surface area (Å²) >= 11 is 3.69. The number of nitrogens with one attached hydrogen (secondary N) is 1. The van der Waals surface area contributed by atoms with Crippen molar-refractivity contribution >= 4 is 22.7 Å². The molecular formula is C13H17NS2. The molecule has 2 aromatic rings. The van der Waals surface area contributed by atoms with Crippen LogP contribution in [0.25, 0.3) is 0 Å². The average Bonchev–Trinajstić information content (AvgIpc) is 2.97. The van der Waals surface area contributed by atoms with Gasteiger partial charge in [-0.05, 0) is 47.5 Å². The van der Waals surface area contributed by atoms with Crippen LogP contribution in [0.4, 0.5) is 0 Å². The Morgan fingerprint density at radius 2 is 2.12 bits per heavy atom. The Bertz CT molecular complexity index is 417. The monoisotopic (exact) mass is 251 g/mol. The Hall–Kier alpha value is -0.640. The Kier molecular flexibility index (Phi) is 4.16. The van der Waals surface area contributed by atoms with Crippen LogP contribution in [0.3, 0.4) is 0 Å². The first-order valence-corrected chi connectivity index (χ1v) is 7.45. The zero-order valence-electron chi connectivity index (χ0n) is 9.69. The maximum atomic E-state index is 3.56. The summed E-state index contributed by atoms with van der Waals surface area (Å²) in [5, 5.41) is 7.94. The first-order valence-electron chi connectivity index (χ1n) is 5.69. The summed E-state index contributed by atoms with van der Waals surface area (Å²) in [4.78, 5) is 2.89. The maximum Gasteiger partial charge on any atom is 0.0679 e. The van der Waals surface area contributed by atoms with Crippen molar-refractivity contribution in [2.75, 3.05) is 6.54 Å². The second-order valence-corrected chi connectivity index (χ2v) is 5.68. The van der Waals surface area contributed by atoms with Gasteiger partial charge in [0.25, 0.3) is 0 Å². The van der Waals surface area contributed by atoms with E-state index in [1.165, 1.54) is 15.3 Å². The maximum absolute atomic E-state index is 3.56. The van der Waals surface area contributed by atoms with Crippen LogP contribution in [-0.4, -0.2) is 6.54 Å². The molecule has 0 aliphatic heterocycles. The molecule has 0 amide bonds. The third-order valence-corrected chi connectivity index (χ3v) is 4.60. The molecule has 0 aromatic carbocycles. The molecule has 0 spiro atoms. The highest BCUT2D eigenvalue weighted by Gasteiger charge is 2.15. The molecule has 0 aliphatic rings. The summed E-state index contributed by atoms with van der Waals surface area (Å²) < 4.78 is 0. The van der Waals surface area contributed by atoms with E-state index >= 15 is 0 Å². The van der Waals surface area contributed by atoms with Crippen molar-refractivity contribution in [2.24, 2.45) is 0 Å². The minimum atomic E-state index is 0.376. The molecule has 2 aromatic heterocycles. The van der Waals surface area contributed by atoms with E-state index in [-0.39, 0.29) is 0 Å². The number of thiophene rings is 2. The van der Waals surface area contributed by atoms with Crippen LogP contribution in [0.1, 0.15) is 35.2 Å². The van der Waals surface area contributed by atoms with E-state index in [4.69, 9.17) is 0 Å². The van der Waals surface area contributed by atoms with Crippen LogP contribution in [0, 0.1) is 0 Å². The van der Waals surface area contributed by atoms with E-state index in [1.807, 2.05) is 11.3 Å². The Morgan fingerprint density at radius 3 is 2.69 bits per heavy atom. The van der Waals surface area contributed by atoms with Crippen molar-refractivity contribution in [3.05, 3.63) is 44.3 Å². The summed E-state index contributed by atoms with van der Waals surface area (Å²) in [6.07, 6.45) is 1.13. The van der Waals surface area contributed by atoms with Crippen molar-refractivity contribution in [1.82, 2.24) is 5.32 Å². The third kappa shape index (κ3) is 2.54. The fraction of sp³-hybridized carbons (Fsp3) is 0.385.